The summed E-state index contributed by atoms with van der Waals surface area (Å²) in [6.07, 6.45) is 2.40. The normalized spacial score (nSPS) is 19.4. The highest BCUT2D eigenvalue weighted by Crippen LogP contribution is 2.24. The second kappa shape index (κ2) is 7.22. The smallest absolute Gasteiger partial charge is 0.185 e. The van der Waals surface area contributed by atoms with Gasteiger partial charge in [-0.1, -0.05) is 6.92 Å². The molecule has 1 aromatic heterocycles. The second-order valence-electron chi connectivity index (χ2n) is 5.37. The van der Waals surface area contributed by atoms with Crippen LogP contribution in [0.15, 0.2) is 5.38 Å². The van der Waals surface area contributed by atoms with E-state index in [0.29, 0.717) is 6.04 Å². The van der Waals surface area contributed by atoms with Crippen molar-refractivity contribution < 1.29 is 0 Å². The molecule has 0 aliphatic carbocycles. The third-order valence-electron chi connectivity index (χ3n) is 3.64. The maximum absolute atomic E-state index is 4.82. The summed E-state index contributed by atoms with van der Waals surface area (Å²) in [6, 6.07) is 0.361. The first-order valence-corrected chi connectivity index (χ1v) is 8.21. The van der Waals surface area contributed by atoms with Crippen LogP contribution in [0, 0.1) is 0 Å². The number of anilines is 1. The molecule has 0 bridgehead atoms. The minimum absolute atomic E-state index is 0.361. The zero-order chi connectivity index (χ0) is 13.7. The van der Waals surface area contributed by atoms with E-state index in [-0.39, 0.29) is 0 Å². The van der Waals surface area contributed by atoms with Crippen LogP contribution in [0.4, 0.5) is 5.13 Å². The fraction of sp³-hybridized carbons (Fsp3) is 0.786. The largest absolute Gasteiger partial charge is 0.347 e. The van der Waals surface area contributed by atoms with Crippen molar-refractivity contribution in [3.8, 4) is 0 Å². The number of likely N-dealkylation sites (N-methyl/N-ethyl adjacent to an activating group) is 1. The third-order valence-corrected chi connectivity index (χ3v) is 4.56. The number of rotatable bonds is 5. The van der Waals surface area contributed by atoms with Crippen molar-refractivity contribution in [1.82, 2.24) is 15.2 Å². The highest BCUT2D eigenvalue weighted by Gasteiger charge is 2.17. The van der Waals surface area contributed by atoms with Gasteiger partial charge in [-0.25, -0.2) is 4.98 Å². The second-order valence-corrected chi connectivity index (χ2v) is 6.21. The maximum atomic E-state index is 4.82. The van der Waals surface area contributed by atoms with Crippen molar-refractivity contribution in [2.45, 2.75) is 32.7 Å². The highest BCUT2D eigenvalue weighted by molar-refractivity contribution is 7.13. The molecule has 4 nitrogen and oxygen atoms in total. The molecule has 2 heterocycles. The van der Waals surface area contributed by atoms with Crippen LogP contribution in [-0.4, -0.2) is 49.7 Å². The quantitative estimate of drug-likeness (QED) is 0.898. The van der Waals surface area contributed by atoms with Gasteiger partial charge >= 0.3 is 0 Å². The van der Waals surface area contributed by atoms with E-state index in [2.05, 4.69) is 41.4 Å². The molecule has 1 unspecified atom stereocenters. The average Bonchev–Trinajstić information content (AvgIpc) is 2.80. The summed E-state index contributed by atoms with van der Waals surface area (Å²) in [4.78, 5) is 9.65. The Morgan fingerprint density at radius 2 is 2.21 bits per heavy atom. The monoisotopic (exact) mass is 282 g/mol. The van der Waals surface area contributed by atoms with Crippen molar-refractivity contribution in [3.63, 3.8) is 0 Å². The van der Waals surface area contributed by atoms with Gasteiger partial charge in [0.1, 0.15) is 0 Å². The highest BCUT2D eigenvalue weighted by atomic mass is 32.1. The molecule has 5 heteroatoms. The van der Waals surface area contributed by atoms with Crippen LogP contribution in [0.2, 0.25) is 0 Å². The van der Waals surface area contributed by atoms with Gasteiger partial charge in [-0.05, 0) is 39.9 Å². The molecule has 1 saturated heterocycles. The van der Waals surface area contributed by atoms with Crippen molar-refractivity contribution in [2.24, 2.45) is 0 Å². The lowest BCUT2D eigenvalue weighted by Gasteiger charge is -2.19. The van der Waals surface area contributed by atoms with Gasteiger partial charge in [-0.2, -0.15) is 0 Å². The lowest BCUT2D eigenvalue weighted by molar-refractivity contribution is 0.360. The molecule has 2 rings (SSSR count). The van der Waals surface area contributed by atoms with Crippen LogP contribution in [0.1, 0.15) is 38.4 Å². The summed E-state index contributed by atoms with van der Waals surface area (Å²) in [5, 5.41) is 6.90. The molecule has 0 radical (unpaired) electrons. The van der Waals surface area contributed by atoms with Gasteiger partial charge in [0.15, 0.2) is 5.13 Å². The SMILES string of the molecule is CCCNC(C)c1csc(N2CCCN(C)CC2)n1. The van der Waals surface area contributed by atoms with Gasteiger partial charge in [-0.3, -0.25) is 0 Å². The van der Waals surface area contributed by atoms with Crippen molar-refractivity contribution >= 4 is 16.5 Å². The number of aromatic nitrogens is 1. The minimum atomic E-state index is 0.361. The van der Waals surface area contributed by atoms with E-state index in [1.807, 2.05) is 0 Å². The molecule has 108 valence electrons. The molecule has 1 aromatic rings. The summed E-state index contributed by atoms with van der Waals surface area (Å²) in [5.41, 5.74) is 1.19. The number of hydrogen-bond donors (Lipinski definition) is 1. The van der Waals surface area contributed by atoms with E-state index in [9.17, 15) is 0 Å². The van der Waals surface area contributed by atoms with Gasteiger partial charge in [-0.15, -0.1) is 11.3 Å². The summed E-state index contributed by atoms with van der Waals surface area (Å²) >= 11 is 1.78. The predicted molar refractivity (Wildman–Crippen MR) is 83.1 cm³/mol. The lowest BCUT2D eigenvalue weighted by atomic mass is 10.2. The molecule has 1 N–H and O–H groups in total. The molecule has 1 aliphatic rings. The van der Waals surface area contributed by atoms with Gasteiger partial charge in [0.25, 0.3) is 0 Å². The van der Waals surface area contributed by atoms with Crippen LogP contribution in [0.5, 0.6) is 0 Å². The Bertz CT molecular complexity index is 379. The number of thiazole rings is 1. The molecule has 0 aromatic carbocycles. The van der Waals surface area contributed by atoms with E-state index >= 15 is 0 Å². The average molecular weight is 282 g/mol. The number of hydrogen-bond acceptors (Lipinski definition) is 5. The summed E-state index contributed by atoms with van der Waals surface area (Å²) in [5.74, 6) is 0. The van der Waals surface area contributed by atoms with Crippen LogP contribution in [-0.2, 0) is 0 Å². The fourth-order valence-electron chi connectivity index (χ4n) is 2.32. The predicted octanol–water partition coefficient (Wildman–Crippen LogP) is 2.35. The molecule has 1 atom stereocenters. The van der Waals surface area contributed by atoms with E-state index in [1.165, 1.54) is 30.2 Å². The van der Waals surface area contributed by atoms with E-state index in [0.717, 1.165) is 26.2 Å². The number of nitrogens with zero attached hydrogens (tertiary/aromatic N) is 3. The molecular weight excluding hydrogens is 256 g/mol. The third kappa shape index (κ3) is 4.16. The zero-order valence-electron chi connectivity index (χ0n) is 12.4. The lowest BCUT2D eigenvalue weighted by Crippen LogP contribution is -2.28. The Morgan fingerprint density at radius 1 is 1.37 bits per heavy atom. The zero-order valence-corrected chi connectivity index (χ0v) is 13.2. The Hall–Kier alpha value is -0.650. The standard InChI is InChI=1S/C14H26N4S/c1-4-6-15-12(2)13-11-19-14(16-13)18-8-5-7-17(3)9-10-18/h11-12,15H,4-10H2,1-3H3. The minimum Gasteiger partial charge on any atom is -0.347 e. The van der Waals surface area contributed by atoms with Gasteiger partial charge < -0.3 is 15.1 Å². The Labute approximate surface area is 120 Å². The van der Waals surface area contributed by atoms with Crippen LogP contribution < -0.4 is 10.2 Å². The molecule has 1 fully saturated rings. The van der Waals surface area contributed by atoms with Crippen molar-refractivity contribution in [1.29, 1.82) is 0 Å². The van der Waals surface area contributed by atoms with Crippen LogP contribution in [0.25, 0.3) is 0 Å². The molecule has 0 amide bonds. The molecule has 19 heavy (non-hydrogen) atoms. The fourth-order valence-corrected chi connectivity index (χ4v) is 3.30. The molecule has 0 saturated carbocycles. The Kier molecular flexibility index (Phi) is 5.60. The first kappa shape index (κ1) is 14.8. The van der Waals surface area contributed by atoms with Gasteiger partial charge in [0.2, 0.25) is 0 Å². The topological polar surface area (TPSA) is 31.4 Å². The van der Waals surface area contributed by atoms with Crippen molar-refractivity contribution in [2.75, 3.05) is 44.7 Å². The Balaban J connectivity index is 1.95. The first-order valence-electron chi connectivity index (χ1n) is 7.33. The van der Waals surface area contributed by atoms with Gasteiger partial charge in [0, 0.05) is 31.1 Å². The van der Waals surface area contributed by atoms with Crippen molar-refractivity contribution in [3.05, 3.63) is 11.1 Å². The Morgan fingerprint density at radius 3 is 3.00 bits per heavy atom. The summed E-state index contributed by atoms with van der Waals surface area (Å²) in [7, 11) is 2.20. The van der Waals surface area contributed by atoms with E-state index in [1.54, 1.807) is 11.3 Å². The van der Waals surface area contributed by atoms with Crippen LogP contribution in [0.3, 0.4) is 0 Å². The van der Waals surface area contributed by atoms with E-state index < -0.39 is 0 Å². The molecule has 0 spiro atoms. The summed E-state index contributed by atoms with van der Waals surface area (Å²) < 4.78 is 0. The van der Waals surface area contributed by atoms with E-state index in [4.69, 9.17) is 4.98 Å². The summed E-state index contributed by atoms with van der Waals surface area (Å²) in [6.45, 7) is 10.0. The maximum Gasteiger partial charge on any atom is 0.185 e. The molecule has 1 aliphatic heterocycles. The van der Waals surface area contributed by atoms with Crippen LogP contribution >= 0.6 is 11.3 Å². The van der Waals surface area contributed by atoms with Gasteiger partial charge in [0.05, 0.1) is 5.69 Å². The molecular formula is C14H26N4S. The number of nitrogens with one attached hydrogen (secondary N) is 1. The first-order chi connectivity index (χ1) is 9.20.